The van der Waals surface area contributed by atoms with E-state index in [4.69, 9.17) is 0 Å². The van der Waals surface area contributed by atoms with Crippen molar-refractivity contribution < 1.29 is 14.3 Å². The molecule has 0 aliphatic heterocycles. The number of amides is 1. The SMILES string of the molecule is O=C(NN=Cc1cc(Br)cc(Br)c1O)c1ccc(F)cc1. The maximum Gasteiger partial charge on any atom is 0.271 e. The number of carbonyl (C=O) groups excluding carboxylic acids is 1. The summed E-state index contributed by atoms with van der Waals surface area (Å²) in [6.07, 6.45) is 1.31. The normalized spacial score (nSPS) is 10.8. The molecule has 0 aliphatic rings. The summed E-state index contributed by atoms with van der Waals surface area (Å²) in [5, 5.41) is 13.6. The molecule has 0 saturated heterocycles. The highest BCUT2D eigenvalue weighted by Gasteiger charge is 2.06. The van der Waals surface area contributed by atoms with Gasteiger partial charge in [0.1, 0.15) is 11.6 Å². The minimum atomic E-state index is -0.472. The van der Waals surface area contributed by atoms with Crippen molar-refractivity contribution >= 4 is 44.0 Å². The molecule has 0 aromatic heterocycles. The molecule has 108 valence electrons. The molecule has 21 heavy (non-hydrogen) atoms. The Bertz CT molecular complexity index is 703. The van der Waals surface area contributed by atoms with Crippen molar-refractivity contribution in [3.05, 3.63) is 62.3 Å². The summed E-state index contributed by atoms with van der Waals surface area (Å²) < 4.78 is 14.0. The number of rotatable bonds is 3. The summed E-state index contributed by atoms with van der Waals surface area (Å²) in [4.78, 5) is 11.7. The zero-order chi connectivity index (χ0) is 15.4. The lowest BCUT2D eigenvalue weighted by molar-refractivity contribution is 0.0955. The van der Waals surface area contributed by atoms with Crippen molar-refractivity contribution in [1.82, 2.24) is 5.43 Å². The average Bonchev–Trinajstić information content (AvgIpc) is 2.44. The molecular weight excluding hydrogens is 407 g/mol. The van der Waals surface area contributed by atoms with Gasteiger partial charge in [-0.1, -0.05) is 15.9 Å². The molecule has 2 rings (SSSR count). The summed E-state index contributed by atoms with van der Waals surface area (Å²) in [5.74, 6) is -0.878. The number of benzene rings is 2. The van der Waals surface area contributed by atoms with E-state index in [-0.39, 0.29) is 11.3 Å². The maximum atomic E-state index is 12.7. The molecule has 0 aliphatic carbocycles. The van der Waals surface area contributed by atoms with E-state index in [2.05, 4.69) is 42.4 Å². The van der Waals surface area contributed by atoms with Gasteiger partial charge in [0.05, 0.1) is 10.7 Å². The fourth-order valence-electron chi connectivity index (χ4n) is 1.51. The Labute approximate surface area is 136 Å². The van der Waals surface area contributed by atoms with Crippen molar-refractivity contribution in [2.75, 3.05) is 0 Å². The highest BCUT2D eigenvalue weighted by molar-refractivity contribution is 9.11. The van der Waals surface area contributed by atoms with E-state index >= 15 is 0 Å². The summed E-state index contributed by atoms with van der Waals surface area (Å²) in [5.41, 5.74) is 3.01. The van der Waals surface area contributed by atoms with Gasteiger partial charge < -0.3 is 5.11 Å². The standard InChI is InChI=1S/C14H9Br2FN2O2/c15-10-5-9(13(20)12(16)6-10)7-18-19-14(21)8-1-3-11(17)4-2-8/h1-7,20H,(H,19,21). The first-order valence-electron chi connectivity index (χ1n) is 5.74. The molecule has 4 nitrogen and oxygen atoms in total. The number of phenols is 1. The molecule has 0 atom stereocenters. The minimum Gasteiger partial charge on any atom is -0.506 e. The van der Waals surface area contributed by atoms with Gasteiger partial charge in [-0.05, 0) is 52.3 Å². The first kappa shape index (κ1) is 15.7. The molecule has 0 saturated carbocycles. The van der Waals surface area contributed by atoms with Crippen molar-refractivity contribution in [3.8, 4) is 5.75 Å². The summed E-state index contributed by atoms with van der Waals surface area (Å²) in [7, 11) is 0. The van der Waals surface area contributed by atoms with Crippen molar-refractivity contribution in [2.24, 2.45) is 5.10 Å². The molecule has 7 heteroatoms. The monoisotopic (exact) mass is 414 g/mol. The van der Waals surface area contributed by atoms with Crippen LogP contribution in [0.25, 0.3) is 0 Å². The van der Waals surface area contributed by atoms with E-state index in [9.17, 15) is 14.3 Å². The van der Waals surface area contributed by atoms with Gasteiger partial charge in [0.25, 0.3) is 5.91 Å². The molecule has 0 radical (unpaired) electrons. The molecule has 2 aromatic rings. The van der Waals surface area contributed by atoms with Crippen LogP contribution in [0.3, 0.4) is 0 Å². The lowest BCUT2D eigenvalue weighted by Crippen LogP contribution is -2.17. The summed E-state index contributed by atoms with van der Waals surface area (Å²) >= 11 is 6.48. The van der Waals surface area contributed by atoms with Crippen LogP contribution in [0, 0.1) is 5.82 Å². The van der Waals surface area contributed by atoms with E-state index in [1.165, 1.54) is 30.5 Å². The van der Waals surface area contributed by atoms with Crippen LogP contribution < -0.4 is 5.43 Å². The second-order valence-corrected chi connectivity index (χ2v) is 5.80. The Hall–Kier alpha value is -1.73. The third-order valence-electron chi connectivity index (χ3n) is 2.53. The van der Waals surface area contributed by atoms with Crippen LogP contribution in [0.15, 0.2) is 50.4 Å². The van der Waals surface area contributed by atoms with Crippen molar-refractivity contribution in [3.63, 3.8) is 0 Å². The predicted molar refractivity (Wildman–Crippen MR) is 85.0 cm³/mol. The molecule has 2 N–H and O–H groups in total. The number of phenolic OH excluding ortho intramolecular Hbond substituents is 1. The van der Waals surface area contributed by atoms with Crippen LogP contribution in [-0.2, 0) is 0 Å². The maximum absolute atomic E-state index is 12.7. The van der Waals surface area contributed by atoms with Crippen LogP contribution in [0.4, 0.5) is 4.39 Å². The zero-order valence-corrected chi connectivity index (χ0v) is 13.7. The third kappa shape index (κ3) is 4.12. The Kier molecular flexibility index (Phi) is 5.08. The average molecular weight is 416 g/mol. The van der Waals surface area contributed by atoms with E-state index in [1.54, 1.807) is 12.1 Å². The smallest absolute Gasteiger partial charge is 0.271 e. The predicted octanol–water partition coefficient (Wildman–Crippen LogP) is 3.82. The lowest BCUT2D eigenvalue weighted by atomic mass is 10.2. The van der Waals surface area contributed by atoms with Gasteiger partial charge in [-0.3, -0.25) is 4.79 Å². The minimum absolute atomic E-state index is 0.0120. The van der Waals surface area contributed by atoms with Crippen LogP contribution in [-0.4, -0.2) is 17.2 Å². The van der Waals surface area contributed by atoms with Crippen LogP contribution in [0.5, 0.6) is 5.75 Å². The second kappa shape index (κ2) is 6.82. The molecule has 0 heterocycles. The zero-order valence-electron chi connectivity index (χ0n) is 10.5. The molecular formula is C14H9Br2FN2O2. The Balaban J connectivity index is 2.09. The first-order valence-corrected chi connectivity index (χ1v) is 7.33. The lowest BCUT2D eigenvalue weighted by Gasteiger charge is -2.03. The van der Waals surface area contributed by atoms with Gasteiger partial charge in [-0.2, -0.15) is 5.10 Å². The second-order valence-electron chi connectivity index (χ2n) is 4.03. The largest absolute Gasteiger partial charge is 0.506 e. The van der Waals surface area contributed by atoms with Gasteiger partial charge in [0.2, 0.25) is 0 Å². The Morgan fingerprint density at radius 2 is 1.90 bits per heavy atom. The number of nitrogens with zero attached hydrogens (tertiary/aromatic N) is 1. The number of halogens is 3. The Morgan fingerprint density at radius 1 is 1.24 bits per heavy atom. The summed E-state index contributed by atoms with van der Waals surface area (Å²) in [6, 6.07) is 8.42. The fourth-order valence-corrected chi connectivity index (χ4v) is 2.77. The number of aromatic hydroxyl groups is 1. The van der Waals surface area contributed by atoms with E-state index < -0.39 is 11.7 Å². The molecule has 1 amide bonds. The topological polar surface area (TPSA) is 61.7 Å². The Morgan fingerprint density at radius 3 is 2.57 bits per heavy atom. The molecule has 0 fully saturated rings. The van der Waals surface area contributed by atoms with Crippen molar-refractivity contribution in [2.45, 2.75) is 0 Å². The molecule has 0 bridgehead atoms. The number of nitrogens with one attached hydrogen (secondary N) is 1. The first-order chi connectivity index (χ1) is 9.97. The van der Waals surface area contributed by atoms with Gasteiger partial charge in [-0.25, -0.2) is 9.82 Å². The van der Waals surface area contributed by atoms with Crippen LogP contribution in [0.1, 0.15) is 15.9 Å². The number of hydrazone groups is 1. The highest BCUT2D eigenvalue weighted by atomic mass is 79.9. The van der Waals surface area contributed by atoms with Crippen molar-refractivity contribution in [1.29, 1.82) is 0 Å². The van der Waals surface area contributed by atoms with Gasteiger partial charge >= 0.3 is 0 Å². The van der Waals surface area contributed by atoms with Crippen LogP contribution in [0.2, 0.25) is 0 Å². The van der Waals surface area contributed by atoms with Gasteiger partial charge in [0, 0.05) is 15.6 Å². The fraction of sp³-hybridized carbons (Fsp3) is 0. The number of hydrogen-bond acceptors (Lipinski definition) is 3. The number of carbonyl (C=O) groups is 1. The van der Waals surface area contributed by atoms with Gasteiger partial charge in [-0.15, -0.1) is 0 Å². The van der Waals surface area contributed by atoms with Crippen LogP contribution >= 0.6 is 31.9 Å². The van der Waals surface area contributed by atoms with E-state index in [0.717, 1.165) is 4.47 Å². The van der Waals surface area contributed by atoms with E-state index in [1.807, 2.05) is 0 Å². The molecule has 2 aromatic carbocycles. The number of hydrogen-bond donors (Lipinski definition) is 2. The molecule has 0 unspecified atom stereocenters. The van der Waals surface area contributed by atoms with Gasteiger partial charge in [0.15, 0.2) is 0 Å². The summed E-state index contributed by atoms with van der Waals surface area (Å²) in [6.45, 7) is 0. The third-order valence-corrected chi connectivity index (χ3v) is 3.60. The highest BCUT2D eigenvalue weighted by Crippen LogP contribution is 2.30. The quantitative estimate of drug-likeness (QED) is 0.591. The molecule has 0 spiro atoms. The van der Waals surface area contributed by atoms with E-state index in [0.29, 0.717) is 10.0 Å².